The number of aryl methyl sites for hydroxylation is 1. The van der Waals surface area contributed by atoms with E-state index in [4.69, 9.17) is 5.73 Å². The Morgan fingerprint density at radius 3 is 2.83 bits per heavy atom. The van der Waals surface area contributed by atoms with Crippen molar-refractivity contribution in [2.24, 2.45) is 11.7 Å². The van der Waals surface area contributed by atoms with E-state index in [0.717, 1.165) is 25.9 Å². The maximum Gasteiger partial charge on any atom is 0.223 e. The highest BCUT2D eigenvalue weighted by Gasteiger charge is 2.19. The Kier molecular flexibility index (Phi) is 4.37. The fourth-order valence-corrected chi connectivity index (χ4v) is 2.42. The second kappa shape index (κ2) is 6.01. The van der Waals surface area contributed by atoms with Gasteiger partial charge in [0.15, 0.2) is 0 Å². The summed E-state index contributed by atoms with van der Waals surface area (Å²) in [7, 11) is 0. The second-order valence-electron chi connectivity index (χ2n) is 5.23. The van der Waals surface area contributed by atoms with E-state index in [1.165, 1.54) is 11.1 Å². The first-order chi connectivity index (χ1) is 8.70. The number of rotatable bonds is 3. The van der Waals surface area contributed by atoms with Crippen LogP contribution in [0.3, 0.4) is 0 Å². The molecule has 0 aliphatic carbocycles. The van der Waals surface area contributed by atoms with Crippen LogP contribution in [0.4, 0.5) is 0 Å². The average Bonchev–Trinajstić information content (AvgIpc) is 2.60. The molecule has 0 radical (unpaired) electrons. The lowest BCUT2D eigenvalue weighted by atomic mass is 10.0. The summed E-state index contributed by atoms with van der Waals surface area (Å²) in [6.07, 6.45) is 2.70. The molecule has 0 aromatic heterocycles. The predicted octanol–water partition coefficient (Wildman–Crippen LogP) is 1.95. The molecule has 0 fully saturated rings. The van der Waals surface area contributed by atoms with E-state index < -0.39 is 0 Å². The molecule has 1 unspecified atom stereocenters. The van der Waals surface area contributed by atoms with Crippen LogP contribution >= 0.6 is 0 Å². The number of hydrogen-bond donors (Lipinski definition) is 1. The van der Waals surface area contributed by atoms with Gasteiger partial charge in [0, 0.05) is 19.5 Å². The normalized spacial score (nSPS) is 16.9. The van der Waals surface area contributed by atoms with Gasteiger partial charge in [-0.25, -0.2) is 0 Å². The molecule has 2 N–H and O–H groups in total. The largest absolute Gasteiger partial charge is 0.338 e. The molecule has 1 aromatic rings. The minimum absolute atomic E-state index is 0.240. The minimum atomic E-state index is 0.240. The van der Waals surface area contributed by atoms with Crippen molar-refractivity contribution < 1.29 is 4.79 Å². The van der Waals surface area contributed by atoms with Crippen LogP contribution in [0, 0.1) is 5.92 Å². The smallest absolute Gasteiger partial charge is 0.223 e. The highest BCUT2D eigenvalue weighted by atomic mass is 16.2. The Morgan fingerprint density at radius 1 is 1.39 bits per heavy atom. The van der Waals surface area contributed by atoms with E-state index in [1.807, 2.05) is 11.8 Å². The molecule has 2 rings (SSSR count). The molecule has 1 aliphatic heterocycles. The summed E-state index contributed by atoms with van der Waals surface area (Å²) in [5.74, 6) is 0.514. The maximum atomic E-state index is 12.2. The third-order valence-electron chi connectivity index (χ3n) is 3.63. The molecule has 0 saturated heterocycles. The molecule has 1 aromatic carbocycles. The predicted molar refractivity (Wildman–Crippen MR) is 73.0 cm³/mol. The van der Waals surface area contributed by atoms with Gasteiger partial charge in [-0.3, -0.25) is 4.79 Å². The van der Waals surface area contributed by atoms with Crippen LogP contribution in [-0.2, 0) is 17.8 Å². The van der Waals surface area contributed by atoms with Crippen LogP contribution in [0.1, 0.15) is 30.9 Å². The minimum Gasteiger partial charge on any atom is -0.338 e. The third-order valence-corrected chi connectivity index (χ3v) is 3.63. The van der Waals surface area contributed by atoms with E-state index >= 15 is 0 Å². The van der Waals surface area contributed by atoms with Crippen LogP contribution in [0.15, 0.2) is 24.3 Å². The molecular formula is C15H22N2O. The zero-order valence-electron chi connectivity index (χ0n) is 11.1. The number of nitrogens with two attached hydrogens (primary N) is 1. The van der Waals surface area contributed by atoms with Crippen molar-refractivity contribution in [3.05, 3.63) is 35.4 Å². The summed E-state index contributed by atoms with van der Waals surface area (Å²) in [6, 6.07) is 8.43. The van der Waals surface area contributed by atoms with Gasteiger partial charge in [0.25, 0.3) is 0 Å². The lowest BCUT2D eigenvalue weighted by Gasteiger charge is -2.22. The molecule has 1 aliphatic rings. The van der Waals surface area contributed by atoms with Gasteiger partial charge in [-0.2, -0.15) is 0 Å². The van der Waals surface area contributed by atoms with Gasteiger partial charge in [0.2, 0.25) is 5.91 Å². The topological polar surface area (TPSA) is 46.3 Å². The van der Waals surface area contributed by atoms with Crippen molar-refractivity contribution in [1.82, 2.24) is 4.90 Å². The fourth-order valence-electron chi connectivity index (χ4n) is 2.42. The fraction of sp³-hybridized carbons (Fsp3) is 0.533. The standard InChI is InChI=1S/C15H22N2O/c1-12(10-16)9-15(18)17-8-4-7-13-5-2-3-6-14(13)11-17/h2-3,5-6,12H,4,7-11,16H2,1H3. The monoisotopic (exact) mass is 246 g/mol. The van der Waals surface area contributed by atoms with Crippen molar-refractivity contribution in [3.63, 3.8) is 0 Å². The molecule has 0 saturated carbocycles. The molecule has 3 heteroatoms. The molecule has 18 heavy (non-hydrogen) atoms. The zero-order chi connectivity index (χ0) is 13.0. The summed E-state index contributed by atoms with van der Waals surface area (Å²) < 4.78 is 0. The SMILES string of the molecule is CC(CN)CC(=O)N1CCCc2ccccc2C1. The van der Waals surface area contributed by atoms with E-state index in [9.17, 15) is 4.79 Å². The third kappa shape index (κ3) is 3.10. The van der Waals surface area contributed by atoms with Gasteiger partial charge < -0.3 is 10.6 Å². The average molecular weight is 246 g/mol. The molecule has 0 spiro atoms. The number of benzene rings is 1. The number of amides is 1. The first-order valence-electron chi connectivity index (χ1n) is 6.75. The second-order valence-corrected chi connectivity index (χ2v) is 5.23. The molecular weight excluding hydrogens is 224 g/mol. The molecule has 1 amide bonds. The molecule has 1 atom stereocenters. The van der Waals surface area contributed by atoms with Crippen molar-refractivity contribution in [2.45, 2.75) is 32.7 Å². The summed E-state index contributed by atoms with van der Waals surface area (Å²) in [6.45, 7) is 4.23. The van der Waals surface area contributed by atoms with E-state index in [0.29, 0.717) is 13.0 Å². The molecule has 98 valence electrons. The Labute approximate surface area is 109 Å². The quantitative estimate of drug-likeness (QED) is 0.886. The Balaban J connectivity index is 2.05. The summed E-state index contributed by atoms with van der Waals surface area (Å²) in [5, 5.41) is 0. The van der Waals surface area contributed by atoms with Gasteiger partial charge in [-0.15, -0.1) is 0 Å². The maximum absolute atomic E-state index is 12.2. The highest BCUT2D eigenvalue weighted by molar-refractivity contribution is 5.76. The molecule has 0 bridgehead atoms. The lowest BCUT2D eigenvalue weighted by Crippen LogP contribution is -2.32. The van der Waals surface area contributed by atoms with Gasteiger partial charge in [-0.05, 0) is 36.4 Å². The number of fused-ring (bicyclic) bond motifs is 1. The van der Waals surface area contributed by atoms with E-state index in [-0.39, 0.29) is 11.8 Å². The van der Waals surface area contributed by atoms with Crippen LogP contribution < -0.4 is 5.73 Å². The zero-order valence-corrected chi connectivity index (χ0v) is 11.1. The van der Waals surface area contributed by atoms with Crippen molar-refractivity contribution >= 4 is 5.91 Å². The summed E-state index contributed by atoms with van der Waals surface area (Å²) in [5.41, 5.74) is 8.27. The van der Waals surface area contributed by atoms with E-state index in [1.54, 1.807) is 0 Å². The summed E-state index contributed by atoms with van der Waals surface area (Å²) >= 11 is 0. The first kappa shape index (κ1) is 13.1. The Hall–Kier alpha value is -1.35. The van der Waals surface area contributed by atoms with Gasteiger partial charge in [0.05, 0.1) is 0 Å². The van der Waals surface area contributed by atoms with Gasteiger partial charge >= 0.3 is 0 Å². The first-order valence-corrected chi connectivity index (χ1v) is 6.75. The van der Waals surface area contributed by atoms with Crippen molar-refractivity contribution in [3.8, 4) is 0 Å². The van der Waals surface area contributed by atoms with Crippen molar-refractivity contribution in [2.75, 3.05) is 13.1 Å². The highest BCUT2D eigenvalue weighted by Crippen LogP contribution is 2.19. The Bertz CT molecular complexity index is 417. The van der Waals surface area contributed by atoms with Crippen LogP contribution in [0.5, 0.6) is 0 Å². The lowest BCUT2D eigenvalue weighted by molar-refractivity contribution is -0.132. The number of carbonyl (C=O) groups excluding carboxylic acids is 1. The number of carbonyl (C=O) groups is 1. The Morgan fingerprint density at radius 2 is 2.11 bits per heavy atom. The number of hydrogen-bond acceptors (Lipinski definition) is 2. The number of nitrogens with zero attached hydrogens (tertiary/aromatic N) is 1. The summed E-state index contributed by atoms with van der Waals surface area (Å²) in [4.78, 5) is 14.2. The molecule has 1 heterocycles. The molecule has 3 nitrogen and oxygen atoms in total. The van der Waals surface area contributed by atoms with Gasteiger partial charge in [-0.1, -0.05) is 31.2 Å². The van der Waals surface area contributed by atoms with E-state index in [2.05, 4.69) is 24.3 Å². The van der Waals surface area contributed by atoms with Crippen molar-refractivity contribution in [1.29, 1.82) is 0 Å². The van der Waals surface area contributed by atoms with Crippen LogP contribution in [-0.4, -0.2) is 23.9 Å². The van der Waals surface area contributed by atoms with Crippen LogP contribution in [0.2, 0.25) is 0 Å². The van der Waals surface area contributed by atoms with Gasteiger partial charge in [0.1, 0.15) is 0 Å². The van der Waals surface area contributed by atoms with Crippen LogP contribution in [0.25, 0.3) is 0 Å².